The third-order valence-corrected chi connectivity index (χ3v) is 2.31. The summed E-state index contributed by atoms with van der Waals surface area (Å²) in [7, 11) is 0. The van der Waals surface area contributed by atoms with Crippen LogP contribution in [0.2, 0.25) is 5.02 Å². The Bertz CT molecular complexity index is 512. The molecule has 0 aromatic carbocycles. The molecule has 1 atom stereocenters. The van der Waals surface area contributed by atoms with Crippen LogP contribution in [0, 0.1) is 12.3 Å². The maximum absolute atomic E-state index is 9.56. The van der Waals surface area contributed by atoms with Gasteiger partial charge in [-0.25, -0.2) is 4.98 Å². The van der Waals surface area contributed by atoms with E-state index < -0.39 is 6.10 Å². The lowest BCUT2D eigenvalue weighted by Crippen LogP contribution is -2.02. The zero-order chi connectivity index (χ0) is 10.1. The van der Waals surface area contributed by atoms with Crippen molar-refractivity contribution in [3.05, 3.63) is 35.4 Å². The van der Waals surface area contributed by atoms with Crippen LogP contribution in [0.3, 0.4) is 0 Å². The first kappa shape index (κ1) is 9.07. The van der Waals surface area contributed by atoms with Crippen molar-refractivity contribution in [2.24, 2.45) is 0 Å². The molecule has 0 radical (unpaired) electrons. The first-order valence-corrected chi connectivity index (χ1v) is 4.36. The summed E-state index contributed by atoms with van der Waals surface area (Å²) in [6.45, 7) is 0. The molecule has 0 bridgehead atoms. The molecule has 0 aliphatic carbocycles. The van der Waals surface area contributed by atoms with Crippen LogP contribution in [0.4, 0.5) is 0 Å². The molecule has 0 fully saturated rings. The average molecular weight is 207 g/mol. The van der Waals surface area contributed by atoms with E-state index in [2.05, 4.69) is 10.9 Å². The molecule has 2 aromatic heterocycles. The van der Waals surface area contributed by atoms with Crippen LogP contribution in [0.15, 0.2) is 24.7 Å². The van der Waals surface area contributed by atoms with Crippen molar-refractivity contribution in [1.29, 1.82) is 0 Å². The Labute approximate surface area is 86.0 Å². The number of halogens is 1. The molecule has 14 heavy (non-hydrogen) atoms. The molecule has 0 spiro atoms. The minimum Gasteiger partial charge on any atom is -0.374 e. The molecule has 2 heterocycles. The summed E-state index contributed by atoms with van der Waals surface area (Å²) in [5.41, 5.74) is 1.32. The number of terminal acetylenes is 1. The van der Waals surface area contributed by atoms with Gasteiger partial charge in [0.05, 0.1) is 28.8 Å². The predicted octanol–water partition coefficient (Wildman–Crippen LogP) is 1.65. The van der Waals surface area contributed by atoms with Crippen LogP contribution >= 0.6 is 11.6 Å². The largest absolute Gasteiger partial charge is 0.374 e. The Morgan fingerprint density at radius 3 is 3.07 bits per heavy atom. The predicted molar refractivity (Wildman–Crippen MR) is 54.0 cm³/mol. The number of pyridine rings is 1. The molecular weight excluding hydrogens is 200 g/mol. The van der Waals surface area contributed by atoms with Crippen molar-refractivity contribution in [1.82, 2.24) is 9.38 Å². The van der Waals surface area contributed by atoms with Crippen LogP contribution in [-0.4, -0.2) is 14.5 Å². The van der Waals surface area contributed by atoms with Gasteiger partial charge in [0, 0.05) is 0 Å². The molecule has 4 heteroatoms. The van der Waals surface area contributed by atoms with E-state index in [1.807, 2.05) is 6.07 Å². The van der Waals surface area contributed by atoms with E-state index in [1.54, 1.807) is 23.0 Å². The molecule has 0 saturated carbocycles. The van der Waals surface area contributed by atoms with Crippen molar-refractivity contribution in [3.8, 4) is 12.3 Å². The van der Waals surface area contributed by atoms with Gasteiger partial charge in [0.15, 0.2) is 6.10 Å². The third-order valence-electron chi connectivity index (χ3n) is 1.99. The Morgan fingerprint density at radius 2 is 2.36 bits per heavy atom. The minimum atomic E-state index is -1.01. The van der Waals surface area contributed by atoms with Gasteiger partial charge in [-0.3, -0.25) is 4.40 Å². The summed E-state index contributed by atoms with van der Waals surface area (Å²) < 4.78 is 1.67. The number of rotatable bonds is 1. The van der Waals surface area contributed by atoms with Crippen LogP contribution in [0.1, 0.15) is 11.8 Å². The van der Waals surface area contributed by atoms with Crippen molar-refractivity contribution >= 4 is 17.1 Å². The highest BCUT2D eigenvalue weighted by Gasteiger charge is 2.12. The smallest absolute Gasteiger partial charge is 0.156 e. The van der Waals surface area contributed by atoms with Gasteiger partial charge in [0.1, 0.15) is 0 Å². The number of fused-ring (bicyclic) bond motifs is 1. The molecule has 2 rings (SSSR count). The van der Waals surface area contributed by atoms with Gasteiger partial charge in [-0.05, 0) is 12.1 Å². The minimum absolute atomic E-state index is 0.431. The zero-order valence-electron chi connectivity index (χ0n) is 7.18. The van der Waals surface area contributed by atoms with Gasteiger partial charge in [0.2, 0.25) is 0 Å². The number of aliphatic hydroxyl groups is 1. The molecule has 0 amide bonds. The highest BCUT2D eigenvalue weighted by atomic mass is 35.5. The SMILES string of the molecule is C#CC(O)c1c(Cl)ccc2cncn12. The summed E-state index contributed by atoms with van der Waals surface area (Å²) >= 11 is 5.93. The second-order valence-corrected chi connectivity index (χ2v) is 3.23. The van der Waals surface area contributed by atoms with Crippen LogP contribution in [0.25, 0.3) is 5.52 Å². The Hall–Kier alpha value is -1.50. The van der Waals surface area contributed by atoms with Gasteiger partial charge in [-0.1, -0.05) is 17.5 Å². The third kappa shape index (κ3) is 1.25. The average Bonchev–Trinajstić information content (AvgIpc) is 2.64. The summed E-state index contributed by atoms with van der Waals surface area (Å²) in [6, 6.07) is 3.50. The zero-order valence-corrected chi connectivity index (χ0v) is 7.94. The van der Waals surface area contributed by atoms with Gasteiger partial charge < -0.3 is 5.11 Å². The monoisotopic (exact) mass is 206 g/mol. The van der Waals surface area contributed by atoms with E-state index in [9.17, 15) is 5.11 Å². The molecule has 3 nitrogen and oxygen atoms in total. The molecule has 0 saturated heterocycles. The van der Waals surface area contributed by atoms with Crippen molar-refractivity contribution in [3.63, 3.8) is 0 Å². The summed E-state index contributed by atoms with van der Waals surface area (Å²) in [4.78, 5) is 3.94. The van der Waals surface area contributed by atoms with E-state index in [0.717, 1.165) is 5.52 Å². The molecule has 0 aliphatic rings. The fraction of sp³-hybridized carbons (Fsp3) is 0.100. The number of hydrogen-bond acceptors (Lipinski definition) is 2. The maximum Gasteiger partial charge on any atom is 0.156 e. The lowest BCUT2D eigenvalue weighted by molar-refractivity contribution is 0.232. The van der Waals surface area contributed by atoms with Gasteiger partial charge >= 0.3 is 0 Å². The maximum atomic E-state index is 9.56. The highest BCUT2D eigenvalue weighted by Crippen LogP contribution is 2.23. The lowest BCUT2D eigenvalue weighted by Gasteiger charge is -2.09. The van der Waals surface area contributed by atoms with Crippen molar-refractivity contribution < 1.29 is 5.11 Å². The van der Waals surface area contributed by atoms with Gasteiger partial charge in [-0.15, -0.1) is 6.42 Å². The number of aliphatic hydroxyl groups excluding tert-OH is 1. The number of hydrogen-bond donors (Lipinski definition) is 1. The van der Waals surface area contributed by atoms with Crippen LogP contribution in [0.5, 0.6) is 0 Å². The second-order valence-electron chi connectivity index (χ2n) is 2.82. The van der Waals surface area contributed by atoms with Gasteiger partial charge in [0.25, 0.3) is 0 Å². The molecule has 0 aliphatic heterocycles. The number of nitrogens with zero attached hydrogens (tertiary/aromatic N) is 2. The Kier molecular flexibility index (Phi) is 2.16. The first-order valence-electron chi connectivity index (χ1n) is 3.98. The summed E-state index contributed by atoms with van der Waals surface area (Å²) in [5, 5.41) is 9.99. The second kappa shape index (κ2) is 3.33. The molecule has 70 valence electrons. The van der Waals surface area contributed by atoms with Crippen LogP contribution < -0.4 is 0 Å². The molecule has 1 N–H and O–H groups in total. The fourth-order valence-electron chi connectivity index (χ4n) is 1.33. The highest BCUT2D eigenvalue weighted by molar-refractivity contribution is 6.31. The Morgan fingerprint density at radius 1 is 1.57 bits per heavy atom. The van der Waals surface area contributed by atoms with Gasteiger partial charge in [-0.2, -0.15) is 0 Å². The normalized spacial score (nSPS) is 12.6. The van der Waals surface area contributed by atoms with E-state index in [1.165, 1.54) is 0 Å². The molecule has 1 unspecified atom stereocenters. The molecule has 2 aromatic rings. The van der Waals surface area contributed by atoms with Crippen molar-refractivity contribution in [2.45, 2.75) is 6.10 Å². The van der Waals surface area contributed by atoms with E-state index in [4.69, 9.17) is 18.0 Å². The lowest BCUT2D eigenvalue weighted by atomic mass is 10.2. The quantitative estimate of drug-likeness (QED) is 0.721. The van der Waals surface area contributed by atoms with Crippen LogP contribution in [-0.2, 0) is 0 Å². The first-order chi connectivity index (χ1) is 6.74. The summed E-state index contributed by atoms with van der Waals surface area (Å²) in [6.07, 6.45) is 7.36. The standard InChI is InChI=1S/C10H7ClN2O/c1-2-9(14)10-8(11)4-3-7-5-12-6-13(7)10/h1,3-6,9,14H. The fourth-order valence-corrected chi connectivity index (χ4v) is 1.59. The molecular formula is C10H7ClN2O. The topological polar surface area (TPSA) is 37.5 Å². The van der Waals surface area contributed by atoms with E-state index in [-0.39, 0.29) is 0 Å². The van der Waals surface area contributed by atoms with E-state index in [0.29, 0.717) is 10.7 Å². The number of aromatic nitrogens is 2. The van der Waals surface area contributed by atoms with Crippen molar-refractivity contribution in [2.75, 3.05) is 0 Å². The van der Waals surface area contributed by atoms with E-state index >= 15 is 0 Å². The number of imidazole rings is 1. The summed E-state index contributed by atoms with van der Waals surface area (Å²) in [5.74, 6) is 2.23. The Balaban J connectivity index is 2.78.